The fourth-order valence-corrected chi connectivity index (χ4v) is 1.82. The van der Waals surface area contributed by atoms with E-state index in [1.54, 1.807) is 6.08 Å². The molecule has 0 fully saturated rings. The number of carbonyl (C=O) groups excluding carboxylic acids is 1. The van der Waals surface area contributed by atoms with E-state index >= 15 is 0 Å². The molecule has 2 aromatic carbocycles. The largest absolute Gasteiger partial charge is 0.425 e. The molecule has 2 heteroatoms. The van der Waals surface area contributed by atoms with Crippen molar-refractivity contribution in [1.29, 1.82) is 0 Å². The van der Waals surface area contributed by atoms with Gasteiger partial charge in [-0.25, -0.2) is 0 Å². The van der Waals surface area contributed by atoms with Crippen LogP contribution in [-0.4, -0.2) is 5.97 Å². The smallest absolute Gasteiger partial charge is 0.308 e. The molecule has 0 atom stereocenters. The number of rotatable bonds is 2. The predicted octanol–water partition coefficient (Wildman–Crippen LogP) is 3.95. The van der Waals surface area contributed by atoms with Crippen LogP contribution in [0, 0.1) is 18.8 Å². The first kappa shape index (κ1) is 14.6. The van der Waals surface area contributed by atoms with Crippen molar-refractivity contribution in [2.45, 2.75) is 13.8 Å². The van der Waals surface area contributed by atoms with E-state index in [4.69, 9.17) is 4.74 Å². The summed E-state index contributed by atoms with van der Waals surface area (Å²) < 4.78 is 5.22. The van der Waals surface area contributed by atoms with E-state index in [1.807, 2.05) is 61.5 Å². The van der Waals surface area contributed by atoms with Gasteiger partial charge in [0.15, 0.2) is 0 Å². The van der Waals surface area contributed by atoms with Crippen molar-refractivity contribution in [1.82, 2.24) is 0 Å². The van der Waals surface area contributed by atoms with E-state index in [9.17, 15) is 4.79 Å². The van der Waals surface area contributed by atoms with Gasteiger partial charge in [0.1, 0.15) is 5.76 Å². The van der Waals surface area contributed by atoms with Gasteiger partial charge in [0.05, 0.1) is 0 Å². The lowest BCUT2D eigenvalue weighted by Gasteiger charge is -2.05. The molecule has 104 valence electrons. The number of aryl methyl sites for hydroxylation is 1. The lowest BCUT2D eigenvalue weighted by Crippen LogP contribution is -1.98. The molecule has 0 spiro atoms. The molecule has 0 heterocycles. The Morgan fingerprint density at radius 1 is 1.05 bits per heavy atom. The highest BCUT2D eigenvalue weighted by atomic mass is 16.5. The molecule has 0 unspecified atom stereocenters. The Labute approximate surface area is 125 Å². The van der Waals surface area contributed by atoms with Crippen LogP contribution < -0.4 is 0 Å². The second-order valence-corrected chi connectivity index (χ2v) is 4.55. The highest BCUT2D eigenvalue weighted by molar-refractivity contribution is 5.77. The average Bonchev–Trinajstić information content (AvgIpc) is 2.49. The maximum atomic E-state index is 11.2. The number of hydrogen-bond acceptors (Lipinski definition) is 2. The molecule has 0 aromatic heterocycles. The fraction of sp³-hybridized carbons (Fsp3) is 0.105. The van der Waals surface area contributed by atoms with Crippen molar-refractivity contribution >= 4 is 11.7 Å². The second kappa shape index (κ2) is 7.12. The summed E-state index contributed by atoms with van der Waals surface area (Å²) in [6.45, 7) is 3.39. The molecule has 2 aromatic rings. The summed E-state index contributed by atoms with van der Waals surface area (Å²) in [5.41, 5.74) is 2.91. The summed E-state index contributed by atoms with van der Waals surface area (Å²) in [5.74, 6) is 6.13. The maximum absolute atomic E-state index is 11.2. The minimum atomic E-state index is -0.359. The zero-order valence-corrected chi connectivity index (χ0v) is 12.1. The molecule has 0 bridgehead atoms. The van der Waals surface area contributed by atoms with Crippen LogP contribution >= 0.6 is 0 Å². The zero-order chi connectivity index (χ0) is 15.1. The standard InChI is InChI=1S/C19H16O2/c1-15-9-6-7-10-17(15)13-8-14-19(21-16(2)20)18-11-4-3-5-12-18/h3-7,9-12,14H,1-2H3/b19-14-. The number of esters is 1. The Bertz CT molecular complexity index is 716. The van der Waals surface area contributed by atoms with Gasteiger partial charge in [-0.3, -0.25) is 4.79 Å². The lowest BCUT2D eigenvalue weighted by atomic mass is 10.1. The lowest BCUT2D eigenvalue weighted by molar-refractivity contribution is -0.134. The SMILES string of the molecule is CC(=O)O/C(=C\C#Cc1ccccc1C)c1ccccc1. The summed E-state index contributed by atoms with van der Waals surface area (Å²) in [5, 5.41) is 0. The van der Waals surface area contributed by atoms with Gasteiger partial charge >= 0.3 is 5.97 Å². The van der Waals surface area contributed by atoms with Crippen molar-refractivity contribution in [3.05, 3.63) is 77.4 Å². The predicted molar refractivity (Wildman–Crippen MR) is 84.2 cm³/mol. The van der Waals surface area contributed by atoms with Crippen LogP contribution in [0.1, 0.15) is 23.6 Å². The minimum Gasteiger partial charge on any atom is -0.425 e. The van der Waals surface area contributed by atoms with Crippen LogP contribution in [0.2, 0.25) is 0 Å². The molecule has 0 aliphatic heterocycles. The number of benzene rings is 2. The Balaban J connectivity index is 2.30. The monoisotopic (exact) mass is 276 g/mol. The van der Waals surface area contributed by atoms with Crippen LogP contribution in [0.4, 0.5) is 0 Å². The Morgan fingerprint density at radius 2 is 1.71 bits per heavy atom. The molecular weight excluding hydrogens is 260 g/mol. The van der Waals surface area contributed by atoms with Gasteiger partial charge in [-0.1, -0.05) is 60.4 Å². The maximum Gasteiger partial charge on any atom is 0.308 e. The van der Waals surface area contributed by atoms with E-state index in [-0.39, 0.29) is 5.97 Å². The third kappa shape index (κ3) is 4.36. The minimum absolute atomic E-state index is 0.359. The first-order valence-electron chi connectivity index (χ1n) is 6.68. The van der Waals surface area contributed by atoms with Crippen molar-refractivity contribution < 1.29 is 9.53 Å². The molecular formula is C19H16O2. The number of ether oxygens (including phenoxy) is 1. The first-order chi connectivity index (χ1) is 10.2. The third-order valence-electron chi connectivity index (χ3n) is 2.87. The molecule has 0 amide bonds. The molecule has 0 aliphatic carbocycles. The van der Waals surface area contributed by atoms with Gasteiger partial charge in [0.2, 0.25) is 0 Å². The molecule has 21 heavy (non-hydrogen) atoms. The molecule has 0 aliphatic rings. The number of hydrogen-bond donors (Lipinski definition) is 0. The van der Waals surface area contributed by atoms with E-state index in [0.717, 1.165) is 16.7 Å². The van der Waals surface area contributed by atoms with Gasteiger partial charge in [0.25, 0.3) is 0 Å². The molecule has 2 nitrogen and oxygen atoms in total. The number of carbonyl (C=O) groups is 1. The average molecular weight is 276 g/mol. The summed E-state index contributed by atoms with van der Waals surface area (Å²) in [7, 11) is 0. The van der Waals surface area contributed by atoms with Crippen molar-refractivity contribution in [2.75, 3.05) is 0 Å². The third-order valence-corrected chi connectivity index (χ3v) is 2.87. The molecule has 0 saturated carbocycles. The van der Waals surface area contributed by atoms with Crippen LogP contribution in [0.3, 0.4) is 0 Å². The second-order valence-electron chi connectivity index (χ2n) is 4.55. The van der Waals surface area contributed by atoms with Gasteiger partial charge in [0, 0.05) is 24.1 Å². The van der Waals surface area contributed by atoms with Crippen molar-refractivity contribution in [2.24, 2.45) is 0 Å². The van der Waals surface area contributed by atoms with E-state index in [0.29, 0.717) is 5.76 Å². The van der Waals surface area contributed by atoms with Gasteiger partial charge in [-0.05, 0) is 18.6 Å². The van der Waals surface area contributed by atoms with E-state index in [2.05, 4.69) is 11.8 Å². The van der Waals surface area contributed by atoms with Gasteiger partial charge in [-0.15, -0.1) is 0 Å². The Morgan fingerprint density at radius 3 is 2.38 bits per heavy atom. The normalized spacial score (nSPS) is 10.5. The summed E-state index contributed by atoms with van der Waals surface area (Å²) in [4.78, 5) is 11.2. The first-order valence-corrected chi connectivity index (χ1v) is 6.68. The van der Waals surface area contributed by atoms with Gasteiger partial charge < -0.3 is 4.74 Å². The molecule has 2 rings (SSSR count). The highest BCUT2D eigenvalue weighted by Gasteiger charge is 2.04. The summed E-state index contributed by atoms with van der Waals surface area (Å²) in [6.07, 6.45) is 1.63. The van der Waals surface area contributed by atoms with E-state index < -0.39 is 0 Å². The van der Waals surface area contributed by atoms with Gasteiger partial charge in [-0.2, -0.15) is 0 Å². The van der Waals surface area contributed by atoms with Crippen molar-refractivity contribution in [3.8, 4) is 11.8 Å². The Kier molecular flexibility index (Phi) is 4.95. The Hall–Kier alpha value is -2.79. The summed E-state index contributed by atoms with van der Waals surface area (Å²) >= 11 is 0. The van der Waals surface area contributed by atoms with Crippen LogP contribution in [0.5, 0.6) is 0 Å². The van der Waals surface area contributed by atoms with Crippen LogP contribution in [0.25, 0.3) is 5.76 Å². The van der Waals surface area contributed by atoms with E-state index in [1.165, 1.54) is 6.92 Å². The summed E-state index contributed by atoms with van der Waals surface area (Å²) in [6, 6.07) is 17.4. The fourth-order valence-electron chi connectivity index (χ4n) is 1.82. The number of allylic oxidation sites excluding steroid dienone is 1. The van der Waals surface area contributed by atoms with Crippen LogP contribution in [0.15, 0.2) is 60.7 Å². The quantitative estimate of drug-likeness (QED) is 0.471. The molecule has 0 N–H and O–H groups in total. The van der Waals surface area contributed by atoms with Crippen LogP contribution in [-0.2, 0) is 9.53 Å². The van der Waals surface area contributed by atoms with Crippen molar-refractivity contribution in [3.63, 3.8) is 0 Å². The zero-order valence-electron chi connectivity index (χ0n) is 12.1. The topological polar surface area (TPSA) is 26.3 Å². The molecule has 0 radical (unpaired) electrons. The molecule has 0 saturated heterocycles. The highest BCUT2D eigenvalue weighted by Crippen LogP contribution is 2.15.